The molecule has 0 fully saturated rings. The Bertz CT molecular complexity index is 648. The second-order valence-electron chi connectivity index (χ2n) is 6.21. The highest BCUT2D eigenvalue weighted by atomic mass is 16.6. The second-order valence-corrected chi connectivity index (χ2v) is 6.21. The van der Waals surface area contributed by atoms with Crippen molar-refractivity contribution in [3.05, 3.63) is 29.6 Å². The van der Waals surface area contributed by atoms with Gasteiger partial charge in [0.1, 0.15) is 13.2 Å². The van der Waals surface area contributed by atoms with Crippen LogP contribution in [0.3, 0.4) is 0 Å². The fraction of sp³-hybridized carbons (Fsp3) is 0.533. The molecule has 7 nitrogen and oxygen atoms in total. The van der Waals surface area contributed by atoms with E-state index in [9.17, 15) is 0 Å². The van der Waals surface area contributed by atoms with Crippen molar-refractivity contribution in [1.82, 2.24) is 25.5 Å². The number of benzene rings is 1. The highest BCUT2D eigenvalue weighted by molar-refractivity contribution is 5.47. The van der Waals surface area contributed by atoms with Gasteiger partial charge in [-0.15, -0.1) is 10.2 Å². The number of hydrogen-bond acceptors (Lipinski definition) is 6. The highest BCUT2D eigenvalue weighted by Crippen LogP contribution is 2.33. The molecule has 22 heavy (non-hydrogen) atoms. The Morgan fingerprint density at radius 3 is 2.77 bits per heavy atom. The Hall–Kier alpha value is -2.15. The molecular formula is C15H21N5O2. The van der Waals surface area contributed by atoms with Crippen LogP contribution in [0, 0.1) is 0 Å². The lowest BCUT2D eigenvalue weighted by Gasteiger charge is -2.21. The van der Waals surface area contributed by atoms with Crippen LogP contribution in [-0.4, -0.2) is 33.4 Å². The van der Waals surface area contributed by atoms with Gasteiger partial charge < -0.3 is 14.8 Å². The molecule has 118 valence electrons. The van der Waals surface area contributed by atoms with E-state index >= 15 is 0 Å². The summed E-state index contributed by atoms with van der Waals surface area (Å²) in [5, 5.41) is 15.8. The maximum atomic E-state index is 5.69. The van der Waals surface area contributed by atoms with E-state index in [2.05, 4.69) is 20.7 Å². The number of fused-ring (bicyclic) bond motifs is 1. The van der Waals surface area contributed by atoms with Crippen LogP contribution in [0.25, 0.3) is 0 Å². The van der Waals surface area contributed by atoms with Gasteiger partial charge in [-0.05, 0) is 32.1 Å². The van der Waals surface area contributed by atoms with Crippen molar-refractivity contribution in [2.45, 2.75) is 39.4 Å². The summed E-state index contributed by atoms with van der Waals surface area (Å²) in [5.74, 6) is 2.31. The lowest BCUT2D eigenvalue weighted by molar-refractivity contribution is 0.169. The molecule has 0 saturated heterocycles. The van der Waals surface area contributed by atoms with Gasteiger partial charge in [0.2, 0.25) is 0 Å². The quantitative estimate of drug-likeness (QED) is 0.922. The van der Waals surface area contributed by atoms with Crippen molar-refractivity contribution in [2.75, 3.05) is 13.2 Å². The van der Waals surface area contributed by atoms with Crippen molar-refractivity contribution < 1.29 is 9.47 Å². The first-order valence-corrected chi connectivity index (χ1v) is 7.41. The summed E-state index contributed by atoms with van der Waals surface area (Å²) in [6, 6.07) is 5.92. The summed E-state index contributed by atoms with van der Waals surface area (Å²) in [4.78, 5) is 1.63. The molecule has 1 aliphatic rings. The normalized spacial score (nSPS) is 14.1. The van der Waals surface area contributed by atoms with Crippen molar-refractivity contribution >= 4 is 0 Å². The molecule has 0 unspecified atom stereocenters. The van der Waals surface area contributed by atoms with Crippen LogP contribution in [0.5, 0.6) is 11.5 Å². The summed E-state index contributed by atoms with van der Waals surface area (Å²) in [6.45, 7) is 8.53. The molecule has 1 N–H and O–H groups in total. The Morgan fingerprint density at radius 1 is 1.18 bits per heavy atom. The maximum absolute atomic E-state index is 5.69. The van der Waals surface area contributed by atoms with Crippen LogP contribution in [0.4, 0.5) is 0 Å². The van der Waals surface area contributed by atoms with Gasteiger partial charge in [0, 0.05) is 12.1 Å². The number of rotatable bonds is 4. The van der Waals surface area contributed by atoms with Gasteiger partial charge in [-0.25, -0.2) is 0 Å². The Kier molecular flexibility index (Phi) is 3.98. The van der Waals surface area contributed by atoms with Crippen LogP contribution < -0.4 is 14.8 Å². The molecule has 2 heterocycles. The fourth-order valence-corrected chi connectivity index (χ4v) is 2.18. The summed E-state index contributed by atoms with van der Waals surface area (Å²) in [6.07, 6.45) is 0. The van der Waals surface area contributed by atoms with Gasteiger partial charge in [-0.3, -0.25) is 0 Å². The molecule has 1 aliphatic heterocycles. The third-order valence-electron chi connectivity index (χ3n) is 3.30. The molecule has 2 aromatic rings. The lowest BCUT2D eigenvalue weighted by atomic mass is 10.1. The molecule has 0 amide bonds. The van der Waals surface area contributed by atoms with Crippen LogP contribution in [-0.2, 0) is 18.6 Å². The summed E-state index contributed by atoms with van der Waals surface area (Å²) in [7, 11) is 0. The summed E-state index contributed by atoms with van der Waals surface area (Å²) < 4.78 is 11.3. The van der Waals surface area contributed by atoms with E-state index in [0.29, 0.717) is 32.1 Å². The number of ether oxygens (including phenoxy) is 2. The van der Waals surface area contributed by atoms with E-state index < -0.39 is 0 Å². The minimum absolute atomic E-state index is 0.158. The van der Waals surface area contributed by atoms with Gasteiger partial charge in [-0.2, -0.15) is 4.80 Å². The third-order valence-corrected chi connectivity index (χ3v) is 3.30. The molecule has 0 bridgehead atoms. The van der Waals surface area contributed by atoms with Gasteiger partial charge in [0.25, 0.3) is 0 Å². The molecule has 0 spiro atoms. The summed E-state index contributed by atoms with van der Waals surface area (Å²) in [5.41, 5.74) is 0.912. The van der Waals surface area contributed by atoms with Crippen LogP contribution in [0.15, 0.2) is 18.2 Å². The van der Waals surface area contributed by atoms with Crippen LogP contribution in [0.1, 0.15) is 32.2 Å². The van der Waals surface area contributed by atoms with Crippen molar-refractivity contribution in [1.29, 1.82) is 0 Å². The smallest absolute Gasteiger partial charge is 0.188 e. The number of nitrogens with zero attached hydrogens (tertiary/aromatic N) is 4. The van der Waals surface area contributed by atoms with Crippen molar-refractivity contribution in [2.24, 2.45) is 0 Å². The average molecular weight is 303 g/mol. The van der Waals surface area contributed by atoms with Gasteiger partial charge in [0.15, 0.2) is 17.3 Å². The van der Waals surface area contributed by atoms with Gasteiger partial charge >= 0.3 is 0 Å². The van der Waals surface area contributed by atoms with E-state index in [1.165, 1.54) is 0 Å². The van der Waals surface area contributed by atoms with Gasteiger partial charge in [0.05, 0.1) is 12.1 Å². The maximum Gasteiger partial charge on any atom is 0.188 e. The predicted octanol–water partition coefficient (Wildman–Crippen LogP) is 1.49. The second kappa shape index (κ2) is 5.92. The topological polar surface area (TPSA) is 74.1 Å². The van der Waals surface area contributed by atoms with E-state index in [-0.39, 0.29) is 5.54 Å². The van der Waals surface area contributed by atoms with Crippen molar-refractivity contribution in [3.63, 3.8) is 0 Å². The fourth-order valence-electron chi connectivity index (χ4n) is 2.18. The highest BCUT2D eigenvalue weighted by Gasteiger charge is 2.17. The van der Waals surface area contributed by atoms with E-state index in [1.807, 2.05) is 39.0 Å². The number of aromatic nitrogens is 4. The zero-order valence-corrected chi connectivity index (χ0v) is 13.2. The van der Waals surface area contributed by atoms with Gasteiger partial charge in [-0.1, -0.05) is 12.1 Å². The molecule has 3 rings (SSSR count). The molecule has 0 atom stereocenters. The minimum Gasteiger partial charge on any atom is -0.486 e. The Labute approximate surface area is 129 Å². The Morgan fingerprint density at radius 2 is 2.00 bits per heavy atom. The lowest BCUT2D eigenvalue weighted by Crippen LogP contribution is -2.25. The monoisotopic (exact) mass is 303 g/mol. The Balaban J connectivity index is 1.61. The van der Waals surface area contributed by atoms with Crippen LogP contribution >= 0.6 is 0 Å². The largest absolute Gasteiger partial charge is 0.486 e. The number of nitrogens with one attached hydrogen (secondary N) is 1. The van der Waals surface area contributed by atoms with E-state index in [4.69, 9.17) is 9.47 Å². The minimum atomic E-state index is -0.158. The predicted molar refractivity (Wildman–Crippen MR) is 80.8 cm³/mol. The van der Waals surface area contributed by atoms with E-state index in [1.54, 1.807) is 4.80 Å². The molecule has 1 aromatic heterocycles. The van der Waals surface area contributed by atoms with Crippen molar-refractivity contribution in [3.8, 4) is 11.5 Å². The van der Waals surface area contributed by atoms with Crippen LogP contribution in [0.2, 0.25) is 0 Å². The zero-order chi connectivity index (χ0) is 15.6. The average Bonchev–Trinajstić information content (AvgIpc) is 2.97. The zero-order valence-electron chi connectivity index (χ0n) is 13.2. The first-order valence-electron chi connectivity index (χ1n) is 7.41. The van der Waals surface area contributed by atoms with E-state index in [0.717, 1.165) is 17.1 Å². The number of hydrogen-bond donors (Lipinski definition) is 1. The standard InChI is InChI=1S/C15H21N5O2/c1-15(2,3)20-18-13(17-19-20)10-16-9-11-5-4-6-12-14(11)22-8-7-21-12/h4-6,16H,7-10H2,1-3H3. The molecule has 0 aliphatic carbocycles. The molecular weight excluding hydrogens is 282 g/mol. The first-order chi connectivity index (χ1) is 10.5. The molecule has 0 radical (unpaired) electrons. The SMILES string of the molecule is CC(C)(C)n1nnc(CNCc2cccc3c2OCCO3)n1. The molecule has 7 heteroatoms. The third kappa shape index (κ3) is 3.19. The first kappa shape index (κ1) is 14.8. The number of para-hydroxylation sites is 1. The molecule has 1 aromatic carbocycles. The summed E-state index contributed by atoms with van der Waals surface area (Å²) >= 11 is 0. The molecule has 0 saturated carbocycles. The number of tetrazole rings is 1.